The summed E-state index contributed by atoms with van der Waals surface area (Å²) in [4.78, 5) is 15.1. The first-order chi connectivity index (χ1) is 7.25. The zero-order valence-corrected chi connectivity index (χ0v) is 8.57. The molecule has 5 heteroatoms. The molecule has 0 unspecified atom stereocenters. The molecule has 0 amide bonds. The molecule has 2 aromatic rings. The van der Waals surface area contributed by atoms with Gasteiger partial charge in [0.05, 0.1) is 6.20 Å². The molecule has 0 saturated carbocycles. The van der Waals surface area contributed by atoms with Crippen LogP contribution in [0.25, 0.3) is 11.2 Å². The first-order valence-corrected chi connectivity index (χ1v) is 4.68. The molecule has 0 aliphatic rings. The van der Waals surface area contributed by atoms with Crippen LogP contribution in [0.5, 0.6) is 0 Å². The number of H-pyrrole nitrogens is 1. The Morgan fingerprint density at radius 2 is 2.33 bits per heavy atom. The normalized spacial score (nSPS) is 10.1. The van der Waals surface area contributed by atoms with E-state index in [-0.39, 0.29) is 0 Å². The van der Waals surface area contributed by atoms with Gasteiger partial charge in [-0.15, -0.1) is 0 Å². The summed E-state index contributed by atoms with van der Waals surface area (Å²) in [6.07, 6.45) is 3.14. The Labute approximate surface area is 87.4 Å². The van der Waals surface area contributed by atoms with Crippen LogP contribution in [-0.2, 0) is 0 Å². The van der Waals surface area contributed by atoms with E-state index >= 15 is 0 Å². The van der Waals surface area contributed by atoms with Crippen LogP contribution in [-0.4, -0.2) is 19.9 Å². The zero-order valence-electron chi connectivity index (χ0n) is 8.57. The van der Waals surface area contributed by atoms with Gasteiger partial charge in [0.2, 0.25) is 5.95 Å². The molecule has 76 valence electrons. The number of nitrogens with one attached hydrogen (secondary N) is 2. The molecule has 0 fully saturated rings. The fraction of sp³-hybridized carbons (Fsp3) is 0.300. The van der Waals surface area contributed by atoms with Crippen LogP contribution in [0.1, 0.15) is 13.8 Å². The second kappa shape index (κ2) is 3.96. The largest absolute Gasteiger partial charge is 0.321 e. The second-order valence-electron chi connectivity index (χ2n) is 3.39. The number of hydrogen-bond acceptors (Lipinski definition) is 4. The topological polar surface area (TPSA) is 66.5 Å². The highest BCUT2D eigenvalue weighted by atomic mass is 15.1. The Bertz CT molecular complexity index is 484. The SMILES string of the molecule is CC(C)C#CNc1nc2ncncc2[nH]1. The number of imidazole rings is 1. The van der Waals surface area contributed by atoms with Gasteiger partial charge < -0.3 is 4.98 Å². The van der Waals surface area contributed by atoms with Crippen molar-refractivity contribution in [2.45, 2.75) is 13.8 Å². The van der Waals surface area contributed by atoms with Crippen LogP contribution in [0.2, 0.25) is 0 Å². The Kier molecular flexibility index (Phi) is 2.50. The van der Waals surface area contributed by atoms with Gasteiger partial charge in [-0.25, -0.2) is 9.97 Å². The van der Waals surface area contributed by atoms with Gasteiger partial charge in [0.25, 0.3) is 0 Å². The Balaban J connectivity index is 2.20. The molecular formula is C10H11N5. The van der Waals surface area contributed by atoms with Crippen LogP contribution in [0.15, 0.2) is 12.5 Å². The minimum Gasteiger partial charge on any atom is -0.321 e. The second-order valence-corrected chi connectivity index (χ2v) is 3.39. The lowest BCUT2D eigenvalue weighted by atomic mass is 10.2. The van der Waals surface area contributed by atoms with Gasteiger partial charge in [-0.1, -0.05) is 19.8 Å². The lowest BCUT2D eigenvalue weighted by Gasteiger charge is -1.90. The molecule has 2 heterocycles. The number of anilines is 1. The lowest BCUT2D eigenvalue weighted by molar-refractivity contribution is 0.866. The van der Waals surface area contributed by atoms with Gasteiger partial charge in [0.15, 0.2) is 5.65 Å². The van der Waals surface area contributed by atoms with Crippen LogP contribution in [0.4, 0.5) is 5.95 Å². The Hall–Kier alpha value is -2.09. The molecule has 5 nitrogen and oxygen atoms in total. The van der Waals surface area contributed by atoms with E-state index in [0.29, 0.717) is 17.5 Å². The Morgan fingerprint density at radius 1 is 1.47 bits per heavy atom. The van der Waals surface area contributed by atoms with E-state index in [2.05, 4.69) is 37.2 Å². The highest BCUT2D eigenvalue weighted by molar-refractivity contribution is 5.72. The van der Waals surface area contributed by atoms with E-state index in [4.69, 9.17) is 0 Å². The van der Waals surface area contributed by atoms with Gasteiger partial charge in [-0.3, -0.25) is 5.32 Å². The van der Waals surface area contributed by atoms with Crippen molar-refractivity contribution in [2.75, 3.05) is 5.32 Å². The van der Waals surface area contributed by atoms with Crippen molar-refractivity contribution in [3.63, 3.8) is 0 Å². The van der Waals surface area contributed by atoms with E-state index < -0.39 is 0 Å². The summed E-state index contributed by atoms with van der Waals surface area (Å²) < 4.78 is 0. The number of aromatic nitrogens is 4. The molecule has 0 aliphatic heterocycles. The smallest absolute Gasteiger partial charge is 0.214 e. The number of nitrogens with zero attached hydrogens (tertiary/aromatic N) is 3. The maximum absolute atomic E-state index is 4.19. The summed E-state index contributed by atoms with van der Waals surface area (Å²) in [6, 6.07) is 2.82. The summed E-state index contributed by atoms with van der Waals surface area (Å²) in [5.74, 6) is 3.91. The maximum Gasteiger partial charge on any atom is 0.214 e. The fourth-order valence-corrected chi connectivity index (χ4v) is 1.06. The highest BCUT2D eigenvalue weighted by Gasteiger charge is 2.00. The summed E-state index contributed by atoms with van der Waals surface area (Å²) >= 11 is 0. The minimum absolute atomic E-state index is 0.335. The van der Waals surface area contributed by atoms with E-state index in [1.54, 1.807) is 6.20 Å². The van der Waals surface area contributed by atoms with Crippen molar-refractivity contribution >= 4 is 17.1 Å². The fourth-order valence-electron chi connectivity index (χ4n) is 1.06. The Morgan fingerprint density at radius 3 is 3.07 bits per heavy atom. The van der Waals surface area contributed by atoms with E-state index in [0.717, 1.165) is 5.52 Å². The summed E-state index contributed by atoms with van der Waals surface area (Å²) in [6.45, 7) is 4.05. The summed E-state index contributed by atoms with van der Waals surface area (Å²) in [5.41, 5.74) is 1.44. The first kappa shape index (κ1) is 9.46. The molecule has 0 bridgehead atoms. The predicted octanol–water partition coefficient (Wildman–Crippen LogP) is 1.38. The molecule has 0 radical (unpaired) electrons. The molecule has 2 aromatic heterocycles. The number of hydrogen-bond donors (Lipinski definition) is 2. The highest BCUT2D eigenvalue weighted by Crippen LogP contribution is 2.08. The molecule has 0 saturated heterocycles. The quantitative estimate of drug-likeness (QED) is 0.540. The van der Waals surface area contributed by atoms with Crippen molar-refractivity contribution in [2.24, 2.45) is 5.92 Å². The maximum atomic E-state index is 4.19. The van der Waals surface area contributed by atoms with E-state index in [9.17, 15) is 0 Å². The third kappa shape index (κ3) is 2.23. The van der Waals surface area contributed by atoms with Gasteiger partial charge in [-0.2, -0.15) is 4.98 Å². The molecule has 0 aliphatic carbocycles. The average molecular weight is 201 g/mol. The van der Waals surface area contributed by atoms with Crippen LogP contribution in [0, 0.1) is 17.9 Å². The summed E-state index contributed by atoms with van der Waals surface area (Å²) in [5, 5.41) is 2.87. The van der Waals surface area contributed by atoms with Gasteiger partial charge in [0, 0.05) is 12.0 Å². The minimum atomic E-state index is 0.335. The monoisotopic (exact) mass is 201 g/mol. The van der Waals surface area contributed by atoms with Gasteiger partial charge >= 0.3 is 0 Å². The number of aromatic amines is 1. The summed E-state index contributed by atoms with van der Waals surface area (Å²) in [7, 11) is 0. The van der Waals surface area contributed by atoms with E-state index in [1.165, 1.54) is 6.33 Å². The van der Waals surface area contributed by atoms with Crippen molar-refractivity contribution in [3.8, 4) is 12.0 Å². The first-order valence-electron chi connectivity index (χ1n) is 4.68. The zero-order chi connectivity index (χ0) is 10.7. The van der Waals surface area contributed by atoms with Gasteiger partial charge in [-0.05, 0) is 0 Å². The van der Waals surface area contributed by atoms with Gasteiger partial charge in [0.1, 0.15) is 11.8 Å². The molecular weight excluding hydrogens is 190 g/mol. The lowest BCUT2D eigenvalue weighted by Crippen LogP contribution is -1.91. The predicted molar refractivity (Wildman–Crippen MR) is 57.9 cm³/mol. The molecule has 2 N–H and O–H groups in total. The molecule has 0 atom stereocenters. The number of fused-ring (bicyclic) bond motifs is 1. The van der Waals surface area contributed by atoms with E-state index in [1.807, 2.05) is 13.8 Å². The van der Waals surface area contributed by atoms with Crippen molar-refractivity contribution in [3.05, 3.63) is 12.5 Å². The van der Waals surface area contributed by atoms with Crippen molar-refractivity contribution < 1.29 is 0 Å². The van der Waals surface area contributed by atoms with Crippen molar-refractivity contribution in [1.82, 2.24) is 19.9 Å². The average Bonchev–Trinajstić information content (AvgIpc) is 2.59. The van der Waals surface area contributed by atoms with Crippen LogP contribution < -0.4 is 5.32 Å². The standard InChI is InChI=1S/C10H11N5/c1-7(2)3-4-12-10-14-8-5-11-6-13-9(8)15-10/h5-7H,1-2H3,(H2,11,12,13,14,15). The molecule has 15 heavy (non-hydrogen) atoms. The number of rotatable bonds is 1. The molecule has 2 rings (SSSR count). The molecule has 0 spiro atoms. The molecule has 0 aromatic carbocycles. The third-order valence-corrected chi connectivity index (χ3v) is 1.70. The van der Waals surface area contributed by atoms with Crippen LogP contribution in [0.3, 0.4) is 0 Å². The third-order valence-electron chi connectivity index (χ3n) is 1.70. The van der Waals surface area contributed by atoms with Crippen molar-refractivity contribution in [1.29, 1.82) is 0 Å². The van der Waals surface area contributed by atoms with Crippen LogP contribution >= 0.6 is 0 Å².